The molecule has 0 spiro atoms. The molecule has 5 rings (SSSR count). The lowest BCUT2D eigenvalue weighted by Crippen LogP contribution is -2.03. The quantitative estimate of drug-likeness (QED) is 0.327. The number of rotatable bonds is 6. The Hall–Kier alpha value is -3.91. The van der Waals surface area contributed by atoms with Gasteiger partial charge in [0.05, 0.1) is 17.6 Å². The van der Waals surface area contributed by atoms with Crippen molar-refractivity contribution in [2.75, 3.05) is 12.4 Å². The van der Waals surface area contributed by atoms with Crippen molar-refractivity contribution < 1.29 is 4.74 Å². The van der Waals surface area contributed by atoms with Crippen LogP contribution in [0.2, 0.25) is 5.02 Å². The SMILES string of the molecule is COc1cc(Nc2nccc3c2nc(-c2ccccc2Cl)n3C(C)C)ccc1-n1cnc(C)n1. The van der Waals surface area contributed by atoms with Crippen LogP contribution in [0.25, 0.3) is 28.1 Å². The summed E-state index contributed by atoms with van der Waals surface area (Å²) in [4.78, 5) is 13.8. The van der Waals surface area contributed by atoms with Crippen LogP contribution in [0.3, 0.4) is 0 Å². The van der Waals surface area contributed by atoms with E-state index in [0.29, 0.717) is 22.4 Å². The number of nitrogens with zero attached hydrogens (tertiary/aromatic N) is 6. The number of pyridine rings is 1. The van der Waals surface area contributed by atoms with Crippen molar-refractivity contribution >= 4 is 34.1 Å². The molecule has 0 aliphatic heterocycles. The van der Waals surface area contributed by atoms with Gasteiger partial charge in [-0.2, -0.15) is 5.10 Å². The van der Waals surface area contributed by atoms with Crippen LogP contribution < -0.4 is 10.1 Å². The summed E-state index contributed by atoms with van der Waals surface area (Å²) >= 11 is 6.52. The van der Waals surface area contributed by atoms with Gasteiger partial charge in [0, 0.05) is 29.6 Å². The second-order valence-electron chi connectivity index (χ2n) is 8.15. The lowest BCUT2D eigenvalue weighted by atomic mass is 10.2. The lowest BCUT2D eigenvalue weighted by Gasteiger charge is -2.14. The summed E-state index contributed by atoms with van der Waals surface area (Å²) in [5, 5.41) is 8.44. The predicted octanol–water partition coefficient (Wildman–Crippen LogP) is 5.97. The molecule has 3 heterocycles. The Kier molecular flexibility index (Phi) is 5.67. The molecular weight excluding hydrogens is 450 g/mol. The Morgan fingerprint density at radius 2 is 1.88 bits per heavy atom. The van der Waals surface area contributed by atoms with E-state index in [2.05, 4.69) is 38.8 Å². The van der Waals surface area contributed by atoms with E-state index in [1.165, 1.54) is 0 Å². The highest BCUT2D eigenvalue weighted by molar-refractivity contribution is 6.33. The van der Waals surface area contributed by atoms with Crippen molar-refractivity contribution in [1.82, 2.24) is 29.3 Å². The first kappa shape index (κ1) is 21.9. The third-order valence-corrected chi connectivity index (χ3v) is 5.86. The average molecular weight is 474 g/mol. The van der Waals surface area contributed by atoms with Gasteiger partial charge in [0.25, 0.3) is 0 Å². The highest BCUT2D eigenvalue weighted by Crippen LogP contribution is 2.35. The number of nitrogens with one attached hydrogen (secondary N) is 1. The molecule has 0 saturated carbocycles. The van der Waals surface area contributed by atoms with Gasteiger partial charge in [-0.05, 0) is 51.1 Å². The van der Waals surface area contributed by atoms with Crippen LogP contribution in [-0.4, -0.2) is 36.4 Å². The molecule has 0 amide bonds. The molecule has 0 bridgehead atoms. The van der Waals surface area contributed by atoms with Gasteiger partial charge < -0.3 is 14.6 Å². The zero-order valence-electron chi connectivity index (χ0n) is 19.3. The topological polar surface area (TPSA) is 82.7 Å². The van der Waals surface area contributed by atoms with E-state index < -0.39 is 0 Å². The van der Waals surface area contributed by atoms with Gasteiger partial charge in [-0.1, -0.05) is 23.7 Å². The van der Waals surface area contributed by atoms with Crippen molar-refractivity contribution in [3.63, 3.8) is 0 Å². The van der Waals surface area contributed by atoms with E-state index in [1.54, 1.807) is 24.3 Å². The summed E-state index contributed by atoms with van der Waals surface area (Å²) in [6.07, 6.45) is 3.45. The summed E-state index contributed by atoms with van der Waals surface area (Å²) in [6.45, 7) is 6.10. The number of hydrogen-bond acceptors (Lipinski definition) is 6. The van der Waals surface area contributed by atoms with Gasteiger partial charge in [-0.15, -0.1) is 0 Å². The monoisotopic (exact) mass is 473 g/mol. The Bertz CT molecular complexity index is 1490. The Morgan fingerprint density at radius 1 is 1.06 bits per heavy atom. The molecule has 0 radical (unpaired) electrons. The molecule has 8 nitrogen and oxygen atoms in total. The second-order valence-corrected chi connectivity index (χ2v) is 8.56. The van der Waals surface area contributed by atoms with E-state index >= 15 is 0 Å². The van der Waals surface area contributed by atoms with E-state index in [1.807, 2.05) is 55.5 Å². The van der Waals surface area contributed by atoms with E-state index in [9.17, 15) is 0 Å². The smallest absolute Gasteiger partial charge is 0.158 e. The molecule has 0 atom stereocenters. The zero-order chi connectivity index (χ0) is 23.8. The molecular formula is C25H24ClN7O. The maximum atomic E-state index is 6.52. The maximum absolute atomic E-state index is 6.52. The molecule has 0 fully saturated rings. The summed E-state index contributed by atoms with van der Waals surface area (Å²) < 4.78 is 9.49. The predicted molar refractivity (Wildman–Crippen MR) is 134 cm³/mol. The van der Waals surface area contributed by atoms with Gasteiger partial charge in [0.2, 0.25) is 0 Å². The number of ether oxygens (including phenoxy) is 1. The first-order valence-electron chi connectivity index (χ1n) is 10.9. The molecule has 1 N–H and O–H groups in total. The molecule has 0 aliphatic carbocycles. The minimum atomic E-state index is 0.178. The van der Waals surface area contributed by atoms with Crippen LogP contribution in [0.15, 0.2) is 61.1 Å². The van der Waals surface area contributed by atoms with E-state index in [0.717, 1.165) is 33.8 Å². The highest BCUT2D eigenvalue weighted by atomic mass is 35.5. The molecule has 5 aromatic rings. The number of fused-ring (bicyclic) bond motifs is 1. The van der Waals surface area contributed by atoms with Crippen molar-refractivity contribution in [3.05, 3.63) is 71.9 Å². The van der Waals surface area contributed by atoms with Crippen molar-refractivity contribution in [2.24, 2.45) is 0 Å². The number of halogens is 1. The van der Waals surface area contributed by atoms with Gasteiger partial charge >= 0.3 is 0 Å². The molecule has 0 unspecified atom stereocenters. The van der Waals surface area contributed by atoms with E-state index in [4.69, 9.17) is 21.3 Å². The third-order valence-electron chi connectivity index (χ3n) is 5.54. The summed E-state index contributed by atoms with van der Waals surface area (Å²) in [5.74, 6) is 2.81. The summed E-state index contributed by atoms with van der Waals surface area (Å²) in [5.41, 5.74) is 4.24. The Balaban J connectivity index is 1.59. The average Bonchev–Trinajstić information content (AvgIpc) is 3.43. The standard InChI is InChI=1S/C25H24ClN7O/c1-15(2)33-21-11-12-27-24(23(21)30-25(33)18-7-5-6-8-19(18)26)29-17-9-10-20(22(13-17)34-4)32-14-28-16(3)31-32/h5-15H,1-4H3,(H,27,29). The minimum absolute atomic E-state index is 0.178. The fourth-order valence-corrected chi connectivity index (χ4v) is 4.23. The molecule has 3 aromatic heterocycles. The van der Waals surface area contributed by atoms with Crippen LogP contribution in [-0.2, 0) is 0 Å². The minimum Gasteiger partial charge on any atom is -0.494 e. The van der Waals surface area contributed by atoms with Gasteiger partial charge in [-0.3, -0.25) is 0 Å². The molecule has 9 heteroatoms. The van der Waals surface area contributed by atoms with Crippen LogP contribution in [0.4, 0.5) is 11.5 Å². The lowest BCUT2D eigenvalue weighted by molar-refractivity contribution is 0.412. The van der Waals surface area contributed by atoms with E-state index in [-0.39, 0.29) is 6.04 Å². The first-order chi connectivity index (χ1) is 16.5. The molecule has 2 aromatic carbocycles. The first-order valence-corrected chi connectivity index (χ1v) is 11.3. The number of aryl methyl sites for hydroxylation is 1. The van der Waals surface area contributed by atoms with Crippen molar-refractivity contribution in [2.45, 2.75) is 26.8 Å². The van der Waals surface area contributed by atoms with Crippen LogP contribution in [0.5, 0.6) is 5.75 Å². The van der Waals surface area contributed by atoms with Gasteiger partial charge in [0.1, 0.15) is 34.9 Å². The fourth-order valence-electron chi connectivity index (χ4n) is 4.01. The van der Waals surface area contributed by atoms with Crippen LogP contribution in [0.1, 0.15) is 25.7 Å². The van der Waals surface area contributed by atoms with Crippen molar-refractivity contribution in [3.8, 4) is 22.8 Å². The summed E-state index contributed by atoms with van der Waals surface area (Å²) in [7, 11) is 1.63. The van der Waals surface area contributed by atoms with Gasteiger partial charge in [-0.25, -0.2) is 19.6 Å². The van der Waals surface area contributed by atoms with Crippen LogP contribution in [0, 0.1) is 6.92 Å². The van der Waals surface area contributed by atoms with Gasteiger partial charge in [0.15, 0.2) is 5.82 Å². The number of aromatic nitrogens is 6. The highest BCUT2D eigenvalue weighted by Gasteiger charge is 2.20. The number of imidazole rings is 1. The normalized spacial score (nSPS) is 11.4. The Morgan fingerprint density at radius 3 is 2.59 bits per heavy atom. The fraction of sp³-hybridized carbons (Fsp3) is 0.200. The number of benzene rings is 2. The number of anilines is 2. The largest absolute Gasteiger partial charge is 0.494 e. The maximum Gasteiger partial charge on any atom is 0.158 e. The Labute approximate surface area is 202 Å². The molecule has 0 saturated heterocycles. The molecule has 0 aliphatic rings. The van der Waals surface area contributed by atoms with Crippen LogP contribution >= 0.6 is 11.6 Å². The van der Waals surface area contributed by atoms with Crippen molar-refractivity contribution in [1.29, 1.82) is 0 Å². The number of methoxy groups -OCH3 is 1. The zero-order valence-corrected chi connectivity index (χ0v) is 20.1. The number of hydrogen-bond donors (Lipinski definition) is 1. The molecule has 34 heavy (non-hydrogen) atoms. The summed E-state index contributed by atoms with van der Waals surface area (Å²) in [6, 6.07) is 15.7. The third kappa shape index (κ3) is 3.86. The second kappa shape index (κ2) is 8.79. The molecule has 172 valence electrons.